The second-order valence-corrected chi connectivity index (χ2v) is 2.21. The minimum Gasteiger partial charge on any atom is -0.223 e. The van der Waals surface area contributed by atoms with Crippen LogP contribution in [0.15, 0.2) is 0 Å². The molecule has 10 heavy (non-hydrogen) atoms. The molecule has 0 saturated heterocycles. The van der Waals surface area contributed by atoms with Crippen LogP contribution >= 0.6 is 0 Å². The van der Waals surface area contributed by atoms with Crippen LogP contribution < -0.4 is 0 Å². The first-order valence-corrected chi connectivity index (χ1v) is 3.57. The summed E-state index contributed by atoms with van der Waals surface area (Å²) in [7, 11) is 0. The first-order chi connectivity index (χ1) is 4.93. The quantitative estimate of drug-likeness (QED) is 0.575. The van der Waals surface area contributed by atoms with Crippen molar-refractivity contribution in [3.8, 4) is 0 Å². The predicted molar refractivity (Wildman–Crippen MR) is 36.2 cm³/mol. The van der Waals surface area contributed by atoms with Crippen molar-refractivity contribution in [3.63, 3.8) is 0 Å². The average Bonchev–Trinajstić information content (AvgIpc) is 2.41. The molecule has 0 unspecified atom stereocenters. The van der Waals surface area contributed by atoms with Crippen LogP contribution in [-0.4, -0.2) is 20.2 Å². The number of rotatable bonds is 4. The van der Waals surface area contributed by atoms with E-state index in [-0.39, 0.29) is 0 Å². The molecule has 4 heteroatoms. The van der Waals surface area contributed by atoms with Gasteiger partial charge in [0.15, 0.2) is 0 Å². The van der Waals surface area contributed by atoms with E-state index in [1.165, 1.54) is 12.8 Å². The van der Waals surface area contributed by atoms with Gasteiger partial charge in [-0.2, -0.15) is 0 Å². The number of tetrazole rings is 1. The summed E-state index contributed by atoms with van der Waals surface area (Å²) in [6.07, 6.45) is 6.23. The molecular formula is C6H11N4. The Kier molecular flexibility index (Phi) is 2.86. The fraction of sp³-hybridized carbons (Fsp3) is 0.833. The molecule has 0 amide bonds. The topological polar surface area (TPSA) is 43.6 Å². The van der Waals surface area contributed by atoms with Gasteiger partial charge in [-0.25, -0.2) is 4.68 Å². The Bertz CT molecular complexity index is 158. The zero-order valence-electron chi connectivity index (χ0n) is 6.12. The fourth-order valence-electron chi connectivity index (χ4n) is 0.766. The third kappa shape index (κ3) is 2.13. The highest BCUT2D eigenvalue weighted by Gasteiger charge is 1.90. The number of hydrogen-bond acceptors (Lipinski definition) is 3. The maximum absolute atomic E-state index is 3.69. The molecule has 0 atom stereocenters. The van der Waals surface area contributed by atoms with Gasteiger partial charge in [-0.3, -0.25) is 0 Å². The zero-order chi connectivity index (χ0) is 7.23. The lowest BCUT2D eigenvalue weighted by Gasteiger charge is -1.94. The summed E-state index contributed by atoms with van der Waals surface area (Å²) >= 11 is 0. The molecule has 4 nitrogen and oxygen atoms in total. The van der Waals surface area contributed by atoms with Crippen molar-refractivity contribution in [1.29, 1.82) is 0 Å². The second-order valence-electron chi connectivity index (χ2n) is 2.21. The van der Waals surface area contributed by atoms with Crippen molar-refractivity contribution in [1.82, 2.24) is 20.2 Å². The molecular weight excluding hydrogens is 128 g/mol. The lowest BCUT2D eigenvalue weighted by molar-refractivity contribution is 0.535. The van der Waals surface area contributed by atoms with E-state index in [1.54, 1.807) is 4.68 Å². The summed E-state index contributed by atoms with van der Waals surface area (Å²) in [5.41, 5.74) is 0. The summed E-state index contributed by atoms with van der Waals surface area (Å²) in [4.78, 5) is 0. The summed E-state index contributed by atoms with van der Waals surface area (Å²) in [6, 6.07) is 0. The lowest BCUT2D eigenvalue weighted by atomic mass is 10.2. The van der Waals surface area contributed by atoms with Crippen molar-refractivity contribution in [2.45, 2.75) is 32.7 Å². The van der Waals surface area contributed by atoms with Crippen LogP contribution in [0.4, 0.5) is 0 Å². The van der Waals surface area contributed by atoms with Gasteiger partial charge >= 0.3 is 0 Å². The molecule has 0 N–H and O–H groups in total. The smallest absolute Gasteiger partial charge is 0.221 e. The Hall–Kier alpha value is -0.930. The van der Waals surface area contributed by atoms with Gasteiger partial charge in [0.25, 0.3) is 0 Å². The standard InChI is InChI=1S/C6H11N4/c1-2-3-4-5-10-6-7-8-9-10/h2-5H2,1H3. The molecule has 0 aliphatic heterocycles. The summed E-state index contributed by atoms with van der Waals surface area (Å²) < 4.78 is 1.63. The van der Waals surface area contributed by atoms with Crippen LogP contribution in [0.1, 0.15) is 26.2 Å². The van der Waals surface area contributed by atoms with Crippen LogP contribution in [0, 0.1) is 6.33 Å². The number of aromatic nitrogens is 4. The third-order valence-electron chi connectivity index (χ3n) is 1.33. The average molecular weight is 139 g/mol. The van der Waals surface area contributed by atoms with Crippen molar-refractivity contribution in [3.05, 3.63) is 6.33 Å². The Morgan fingerprint density at radius 2 is 2.30 bits per heavy atom. The molecule has 0 saturated carbocycles. The van der Waals surface area contributed by atoms with Gasteiger partial charge in [-0.1, -0.05) is 19.8 Å². The Labute approximate surface area is 60.2 Å². The summed E-state index contributed by atoms with van der Waals surface area (Å²) in [5, 5.41) is 10.6. The van der Waals surface area contributed by atoms with Crippen LogP contribution in [0.5, 0.6) is 0 Å². The van der Waals surface area contributed by atoms with Crippen molar-refractivity contribution < 1.29 is 0 Å². The van der Waals surface area contributed by atoms with E-state index in [0.717, 1.165) is 13.0 Å². The SMILES string of the molecule is CCCCCn1[c]nnn1. The number of hydrogen-bond donors (Lipinski definition) is 0. The highest BCUT2D eigenvalue weighted by atomic mass is 15.5. The molecule has 0 bridgehead atoms. The van der Waals surface area contributed by atoms with Crippen molar-refractivity contribution in [2.75, 3.05) is 0 Å². The molecule has 1 radical (unpaired) electrons. The Morgan fingerprint density at radius 3 is 2.90 bits per heavy atom. The van der Waals surface area contributed by atoms with E-state index < -0.39 is 0 Å². The highest BCUT2D eigenvalue weighted by Crippen LogP contribution is 1.94. The summed E-state index contributed by atoms with van der Waals surface area (Å²) in [6.45, 7) is 3.06. The van der Waals surface area contributed by atoms with Gasteiger partial charge in [0.1, 0.15) is 0 Å². The van der Waals surface area contributed by atoms with Gasteiger partial charge in [-0.05, 0) is 16.8 Å². The number of aryl methyl sites for hydroxylation is 1. The van der Waals surface area contributed by atoms with Gasteiger partial charge < -0.3 is 0 Å². The van der Waals surface area contributed by atoms with Crippen molar-refractivity contribution >= 4 is 0 Å². The van der Waals surface area contributed by atoms with E-state index in [1.807, 2.05) is 0 Å². The van der Waals surface area contributed by atoms with E-state index >= 15 is 0 Å². The zero-order valence-corrected chi connectivity index (χ0v) is 6.12. The maximum Gasteiger partial charge on any atom is 0.221 e. The molecule has 1 heterocycles. The monoisotopic (exact) mass is 139 g/mol. The van der Waals surface area contributed by atoms with E-state index in [0.29, 0.717) is 0 Å². The van der Waals surface area contributed by atoms with E-state index in [9.17, 15) is 0 Å². The minimum atomic E-state index is 0.890. The van der Waals surface area contributed by atoms with Crippen LogP contribution in [0.3, 0.4) is 0 Å². The molecule has 1 aromatic heterocycles. The summed E-state index contributed by atoms with van der Waals surface area (Å²) in [5.74, 6) is 0. The van der Waals surface area contributed by atoms with Gasteiger partial charge in [0, 0.05) is 6.54 Å². The van der Waals surface area contributed by atoms with E-state index in [4.69, 9.17) is 0 Å². The molecule has 0 spiro atoms. The predicted octanol–water partition coefficient (Wildman–Crippen LogP) is 0.663. The molecule has 0 aliphatic carbocycles. The first-order valence-electron chi connectivity index (χ1n) is 3.57. The van der Waals surface area contributed by atoms with Gasteiger partial charge in [0.2, 0.25) is 6.33 Å². The largest absolute Gasteiger partial charge is 0.223 e. The van der Waals surface area contributed by atoms with E-state index in [2.05, 4.69) is 28.8 Å². The molecule has 0 aromatic carbocycles. The first kappa shape index (κ1) is 7.18. The van der Waals surface area contributed by atoms with Gasteiger partial charge in [-0.15, -0.1) is 5.10 Å². The maximum atomic E-state index is 3.69. The minimum absolute atomic E-state index is 0.890. The normalized spacial score (nSPS) is 10.1. The third-order valence-corrected chi connectivity index (χ3v) is 1.33. The molecule has 1 rings (SSSR count). The lowest BCUT2D eigenvalue weighted by Crippen LogP contribution is -1.98. The number of unbranched alkanes of at least 4 members (excludes halogenated alkanes) is 2. The van der Waals surface area contributed by atoms with Crippen molar-refractivity contribution in [2.24, 2.45) is 0 Å². The highest BCUT2D eigenvalue weighted by molar-refractivity contribution is 4.44. The fourth-order valence-corrected chi connectivity index (χ4v) is 0.766. The van der Waals surface area contributed by atoms with Crippen LogP contribution in [-0.2, 0) is 6.54 Å². The molecule has 1 aromatic rings. The van der Waals surface area contributed by atoms with Crippen LogP contribution in [0.25, 0.3) is 0 Å². The molecule has 0 aliphatic rings. The number of nitrogens with zero attached hydrogens (tertiary/aromatic N) is 4. The molecule has 0 fully saturated rings. The van der Waals surface area contributed by atoms with Crippen LogP contribution in [0.2, 0.25) is 0 Å². The Balaban J connectivity index is 2.15. The molecule has 55 valence electrons. The Morgan fingerprint density at radius 1 is 1.40 bits per heavy atom. The second kappa shape index (κ2) is 3.98. The van der Waals surface area contributed by atoms with Gasteiger partial charge in [0.05, 0.1) is 0 Å².